The van der Waals surface area contributed by atoms with E-state index in [2.05, 4.69) is 4.98 Å². The third kappa shape index (κ3) is 2.65. The topological polar surface area (TPSA) is 97.0 Å². The third-order valence-electron chi connectivity index (χ3n) is 5.85. The van der Waals surface area contributed by atoms with Crippen molar-refractivity contribution in [2.75, 3.05) is 13.1 Å². The lowest BCUT2D eigenvalue weighted by molar-refractivity contribution is -0.144. The molecule has 5 rings (SSSR count). The van der Waals surface area contributed by atoms with Crippen LogP contribution in [0, 0.1) is 0 Å². The Hall–Kier alpha value is -3.49. The molecule has 0 bridgehead atoms. The highest BCUT2D eigenvalue weighted by molar-refractivity contribution is 6.03. The van der Waals surface area contributed by atoms with Crippen molar-refractivity contribution in [3.8, 4) is 0 Å². The van der Waals surface area contributed by atoms with Gasteiger partial charge in [-0.2, -0.15) is 0 Å². The summed E-state index contributed by atoms with van der Waals surface area (Å²) in [4.78, 5) is 57.5. The number of hydrogen-bond donors (Lipinski definition) is 0. The maximum atomic E-state index is 13.2. The molecule has 3 aromatic rings. The van der Waals surface area contributed by atoms with Crippen molar-refractivity contribution in [1.29, 1.82) is 0 Å². The van der Waals surface area contributed by atoms with Crippen LogP contribution in [-0.2, 0) is 16.1 Å². The minimum Gasteiger partial charge on any atom is -0.333 e. The molecule has 9 heteroatoms. The average molecular weight is 407 g/mol. The Morgan fingerprint density at radius 1 is 1.13 bits per heavy atom. The predicted octanol–water partition coefficient (Wildman–Crippen LogP) is 1.03. The number of aromatic nitrogens is 3. The van der Waals surface area contributed by atoms with Gasteiger partial charge in [0.05, 0.1) is 11.4 Å². The van der Waals surface area contributed by atoms with Gasteiger partial charge in [0.15, 0.2) is 0 Å². The van der Waals surface area contributed by atoms with Crippen molar-refractivity contribution in [2.45, 2.75) is 38.8 Å². The number of rotatable bonds is 4. The van der Waals surface area contributed by atoms with Gasteiger partial charge in [0.2, 0.25) is 11.8 Å². The molecule has 2 aliphatic heterocycles. The number of pyridine rings is 1. The summed E-state index contributed by atoms with van der Waals surface area (Å²) in [6, 6.07) is 6.69. The first-order chi connectivity index (χ1) is 14.5. The van der Waals surface area contributed by atoms with Crippen molar-refractivity contribution in [2.24, 2.45) is 0 Å². The van der Waals surface area contributed by atoms with E-state index in [-0.39, 0.29) is 42.2 Å². The fraction of sp³-hybridized carbons (Fsp3) is 0.381. The molecule has 5 heterocycles. The van der Waals surface area contributed by atoms with Gasteiger partial charge in [0, 0.05) is 38.7 Å². The van der Waals surface area contributed by atoms with E-state index in [1.807, 2.05) is 13.0 Å². The Kier molecular flexibility index (Phi) is 4.19. The molecule has 2 saturated heterocycles. The standard InChI is InChI=1S/C21H21N5O4/c1-2-8-24-15(10-14-19(24)22-16-5-3-4-9-25(16)20(14)29)21(30)23-11-13(12-23)26-17(27)6-7-18(26)28/h3-5,9-10,13H,2,6-8,11-12H2,1H3. The Morgan fingerprint density at radius 3 is 2.57 bits per heavy atom. The summed E-state index contributed by atoms with van der Waals surface area (Å²) in [5, 5.41) is 0.400. The fourth-order valence-electron chi connectivity index (χ4n) is 4.33. The lowest BCUT2D eigenvalue weighted by Gasteiger charge is -2.43. The second-order valence-electron chi connectivity index (χ2n) is 7.79. The van der Waals surface area contributed by atoms with Gasteiger partial charge in [-0.3, -0.25) is 28.5 Å². The van der Waals surface area contributed by atoms with Crippen LogP contribution in [0.1, 0.15) is 36.7 Å². The molecule has 9 nitrogen and oxygen atoms in total. The third-order valence-corrected chi connectivity index (χ3v) is 5.85. The molecule has 0 spiro atoms. The molecule has 2 fully saturated rings. The van der Waals surface area contributed by atoms with Gasteiger partial charge < -0.3 is 9.47 Å². The van der Waals surface area contributed by atoms with Crippen molar-refractivity contribution in [1.82, 2.24) is 23.8 Å². The molecule has 3 amide bonds. The summed E-state index contributed by atoms with van der Waals surface area (Å²) < 4.78 is 3.27. The largest absolute Gasteiger partial charge is 0.333 e. The minimum absolute atomic E-state index is 0.166. The lowest BCUT2D eigenvalue weighted by Crippen LogP contribution is -2.62. The molecular weight excluding hydrogens is 386 g/mol. The second kappa shape index (κ2) is 6.79. The molecule has 30 heavy (non-hydrogen) atoms. The number of amides is 3. The van der Waals surface area contributed by atoms with Gasteiger partial charge in [0.1, 0.15) is 17.0 Å². The van der Waals surface area contributed by atoms with Crippen LogP contribution < -0.4 is 5.56 Å². The molecular formula is C21H21N5O4. The molecule has 0 N–H and O–H groups in total. The van der Waals surface area contributed by atoms with E-state index in [4.69, 9.17) is 0 Å². The van der Waals surface area contributed by atoms with E-state index in [0.29, 0.717) is 42.0 Å². The normalized spacial score (nSPS) is 17.4. The zero-order valence-electron chi connectivity index (χ0n) is 16.6. The van der Waals surface area contributed by atoms with Gasteiger partial charge in [-0.25, -0.2) is 4.98 Å². The van der Waals surface area contributed by atoms with E-state index < -0.39 is 0 Å². The van der Waals surface area contributed by atoms with Crippen LogP contribution in [0.5, 0.6) is 0 Å². The smallest absolute Gasteiger partial charge is 0.270 e. The van der Waals surface area contributed by atoms with Crippen LogP contribution in [-0.4, -0.2) is 60.6 Å². The van der Waals surface area contributed by atoms with Crippen molar-refractivity contribution in [3.63, 3.8) is 0 Å². The molecule has 154 valence electrons. The second-order valence-corrected chi connectivity index (χ2v) is 7.79. The van der Waals surface area contributed by atoms with E-state index in [0.717, 1.165) is 6.42 Å². The number of imide groups is 1. The summed E-state index contributed by atoms with van der Waals surface area (Å²) in [5.74, 6) is -0.549. The quantitative estimate of drug-likeness (QED) is 0.602. The fourth-order valence-corrected chi connectivity index (χ4v) is 4.33. The summed E-state index contributed by atoms with van der Waals surface area (Å²) >= 11 is 0. The van der Waals surface area contributed by atoms with Crippen LogP contribution in [0.15, 0.2) is 35.3 Å². The number of carbonyl (C=O) groups is 3. The highest BCUT2D eigenvalue weighted by Gasteiger charge is 2.43. The van der Waals surface area contributed by atoms with Crippen LogP contribution >= 0.6 is 0 Å². The molecule has 2 aliphatic rings. The Labute approximate surface area is 171 Å². The van der Waals surface area contributed by atoms with E-state index in [9.17, 15) is 19.2 Å². The highest BCUT2D eigenvalue weighted by Crippen LogP contribution is 2.25. The summed E-state index contributed by atoms with van der Waals surface area (Å²) in [6.07, 6.45) is 2.93. The molecule has 3 aromatic heterocycles. The van der Waals surface area contributed by atoms with Crippen LogP contribution in [0.25, 0.3) is 16.7 Å². The SMILES string of the molecule is CCCn1c(C(=O)N2CC(N3C(=O)CCC3=O)C2)cc2c(=O)n3ccccc3nc21. The number of likely N-dealkylation sites (tertiary alicyclic amines) is 2. The Morgan fingerprint density at radius 2 is 1.87 bits per heavy atom. The maximum Gasteiger partial charge on any atom is 0.270 e. The van der Waals surface area contributed by atoms with E-state index in [1.54, 1.807) is 33.9 Å². The van der Waals surface area contributed by atoms with E-state index in [1.165, 1.54) is 9.30 Å². The van der Waals surface area contributed by atoms with Crippen LogP contribution in [0.4, 0.5) is 0 Å². The molecule has 0 radical (unpaired) electrons. The Bertz CT molecular complexity index is 1250. The zero-order valence-corrected chi connectivity index (χ0v) is 16.6. The summed E-state index contributed by atoms with van der Waals surface area (Å²) in [5.41, 5.74) is 1.22. The molecule has 0 saturated carbocycles. The van der Waals surface area contributed by atoms with Gasteiger partial charge in [-0.15, -0.1) is 0 Å². The van der Waals surface area contributed by atoms with Crippen molar-refractivity contribution >= 4 is 34.4 Å². The van der Waals surface area contributed by atoms with Crippen molar-refractivity contribution in [3.05, 3.63) is 46.5 Å². The molecule has 0 atom stereocenters. The van der Waals surface area contributed by atoms with E-state index >= 15 is 0 Å². The number of fused-ring (bicyclic) bond motifs is 2. The monoisotopic (exact) mass is 407 g/mol. The van der Waals surface area contributed by atoms with Crippen molar-refractivity contribution < 1.29 is 14.4 Å². The van der Waals surface area contributed by atoms with Crippen LogP contribution in [0.3, 0.4) is 0 Å². The molecule has 0 aliphatic carbocycles. The van der Waals surface area contributed by atoms with Gasteiger partial charge in [0.25, 0.3) is 11.5 Å². The number of aryl methyl sites for hydroxylation is 1. The Balaban J connectivity index is 1.50. The first-order valence-electron chi connectivity index (χ1n) is 10.1. The zero-order chi connectivity index (χ0) is 21.0. The predicted molar refractivity (Wildman–Crippen MR) is 108 cm³/mol. The lowest BCUT2D eigenvalue weighted by atomic mass is 10.1. The summed E-state index contributed by atoms with van der Waals surface area (Å²) in [6.45, 7) is 3.19. The first kappa shape index (κ1) is 18.5. The highest BCUT2D eigenvalue weighted by atomic mass is 16.2. The van der Waals surface area contributed by atoms with Gasteiger partial charge in [-0.1, -0.05) is 13.0 Å². The summed E-state index contributed by atoms with van der Waals surface area (Å²) in [7, 11) is 0. The average Bonchev–Trinajstić information content (AvgIpc) is 3.23. The number of carbonyl (C=O) groups excluding carboxylic acids is 3. The minimum atomic E-state index is -0.258. The van der Waals surface area contributed by atoms with Gasteiger partial charge in [-0.05, 0) is 24.6 Å². The first-order valence-corrected chi connectivity index (χ1v) is 10.1. The molecule has 0 aromatic carbocycles. The number of hydrogen-bond acceptors (Lipinski definition) is 5. The maximum absolute atomic E-state index is 13.2. The van der Waals surface area contributed by atoms with Crippen LogP contribution in [0.2, 0.25) is 0 Å². The molecule has 0 unspecified atom stereocenters. The number of nitrogens with zero attached hydrogens (tertiary/aromatic N) is 5. The van der Waals surface area contributed by atoms with Gasteiger partial charge >= 0.3 is 0 Å².